The lowest BCUT2D eigenvalue weighted by Gasteiger charge is -2.02. The summed E-state index contributed by atoms with van der Waals surface area (Å²) in [6, 6.07) is 6.46. The molecule has 1 aromatic carbocycles. The van der Waals surface area contributed by atoms with Gasteiger partial charge in [-0.05, 0) is 18.1 Å². The smallest absolute Gasteiger partial charge is 0.238 e. The Morgan fingerprint density at radius 3 is 2.60 bits per heavy atom. The van der Waals surface area contributed by atoms with E-state index in [9.17, 15) is 8.42 Å². The molecule has 0 fully saturated rings. The molecule has 0 aromatic heterocycles. The van der Waals surface area contributed by atoms with Crippen molar-refractivity contribution in [2.45, 2.75) is 11.3 Å². The van der Waals surface area contributed by atoms with Crippen LogP contribution in [0.15, 0.2) is 35.2 Å². The van der Waals surface area contributed by atoms with Crippen LogP contribution in [0, 0.1) is 0 Å². The first-order chi connectivity index (χ1) is 7.05. The maximum Gasteiger partial charge on any atom is 0.238 e. The fraction of sp³-hybridized carbons (Fsp3) is 0.200. The second-order valence-corrected chi connectivity index (χ2v) is 4.53. The van der Waals surface area contributed by atoms with E-state index in [1.807, 2.05) is 0 Å². The lowest BCUT2D eigenvalue weighted by atomic mass is 10.2. The normalized spacial score (nSPS) is 12.1. The van der Waals surface area contributed by atoms with E-state index in [4.69, 9.17) is 10.2 Å². The van der Waals surface area contributed by atoms with Crippen LogP contribution < -0.4 is 5.14 Å². The van der Waals surface area contributed by atoms with E-state index in [1.54, 1.807) is 30.4 Å². The summed E-state index contributed by atoms with van der Waals surface area (Å²) in [6.45, 7) is 0.0358. The Morgan fingerprint density at radius 1 is 1.33 bits per heavy atom. The van der Waals surface area contributed by atoms with Crippen LogP contribution in [0.5, 0.6) is 0 Å². The van der Waals surface area contributed by atoms with Crippen molar-refractivity contribution in [1.82, 2.24) is 0 Å². The molecule has 0 aliphatic heterocycles. The van der Waals surface area contributed by atoms with Crippen molar-refractivity contribution in [2.24, 2.45) is 5.14 Å². The zero-order valence-electron chi connectivity index (χ0n) is 8.13. The predicted octanol–water partition coefficient (Wildman–Crippen LogP) is 0.730. The van der Waals surface area contributed by atoms with Crippen molar-refractivity contribution < 1.29 is 13.5 Å². The molecule has 5 heteroatoms. The number of sulfonamides is 1. The van der Waals surface area contributed by atoms with Gasteiger partial charge < -0.3 is 5.11 Å². The minimum Gasteiger partial charge on any atom is -0.396 e. The van der Waals surface area contributed by atoms with Crippen LogP contribution in [0.4, 0.5) is 0 Å². The van der Waals surface area contributed by atoms with E-state index in [-0.39, 0.29) is 11.5 Å². The molecule has 0 radical (unpaired) electrons. The topological polar surface area (TPSA) is 80.4 Å². The van der Waals surface area contributed by atoms with E-state index >= 15 is 0 Å². The average Bonchev–Trinajstić information content (AvgIpc) is 2.17. The Bertz CT molecular complexity index is 451. The number of benzene rings is 1. The van der Waals surface area contributed by atoms with Crippen molar-refractivity contribution in [1.29, 1.82) is 0 Å². The van der Waals surface area contributed by atoms with Gasteiger partial charge in [0.2, 0.25) is 10.0 Å². The summed E-state index contributed by atoms with van der Waals surface area (Å²) in [5.74, 6) is 0. The zero-order chi connectivity index (χ0) is 11.3. The van der Waals surface area contributed by atoms with Crippen LogP contribution in [-0.2, 0) is 10.0 Å². The van der Waals surface area contributed by atoms with E-state index in [0.717, 1.165) is 0 Å². The van der Waals surface area contributed by atoms with Crippen molar-refractivity contribution >= 4 is 16.1 Å². The lowest BCUT2D eigenvalue weighted by Crippen LogP contribution is -2.13. The number of aliphatic hydroxyl groups excluding tert-OH is 1. The molecule has 3 N–H and O–H groups in total. The van der Waals surface area contributed by atoms with Crippen molar-refractivity contribution in [3.8, 4) is 0 Å². The largest absolute Gasteiger partial charge is 0.396 e. The molecule has 4 nitrogen and oxygen atoms in total. The van der Waals surface area contributed by atoms with Gasteiger partial charge in [0.25, 0.3) is 0 Å². The molecule has 0 aliphatic carbocycles. The predicted molar refractivity (Wildman–Crippen MR) is 58.6 cm³/mol. The summed E-state index contributed by atoms with van der Waals surface area (Å²) in [5, 5.41) is 13.6. The number of hydrogen-bond donors (Lipinski definition) is 2. The molecule has 0 heterocycles. The SMILES string of the molecule is NS(=O)(=O)c1ccccc1C=CCCO. The van der Waals surface area contributed by atoms with Crippen molar-refractivity contribution in [3.63, 3.8) is 0 Å². The van der Waals surface area contributed by atoms with E-state index < -0.39 is 10.0 Å². The molecule has 82 valence electrons. The monoisotopic (exact) mass is 227 g/mol. The van der Waals surface area contributed by atoms with Gasteiger partial charge >= 0.3 is 0 Å². The Morgan fingerprint density at radius 2 is 2.00 bits per heavy atom. The average molecular weight is 227 g/mol. The minimum atomic E-state index is -3.68. The third-order valence-corrected chi connectivity index (χ3v) is 2.80. The molecule has 0 aliphatic rings. The fourth-order valence-corrected chi connectivity index (χ4v) is 1.90. The van der Waals surface area contributed by atoms with Gasteiger partial charge in [0.15, 0.2) is 0 Å². The molecule has 15 heavy (non-hydrogen) atoms. The minimum absolute atomic E-state index is 0.0358. The molecule has 1 rings (SSSR count). The highest BCUT2D eigenvalue weighted by atomic mass is 32.2. The Hall–Kier alpha value is -1.17. The standard InChI is InChI=1S/C10H13NO3S/c11-15(13,14)10-7-2-1-5-9(10)6-3-4-8-12/h1-3,5-7,12H,4,8H2,(H2,11,13,14). The highest BCUT2D eigenvalue weighted by Crippen LogP contribution is 2.15. The second kappa shape index (κ2) is 5.06. The molecule has 0 atom stereocenters. The molecule has 0 saturated heterocycles. The highest BCUT2D eigenvalue weighted by Gasteiger charge is 2.10. The van der Waals surface area contributed by atoms with Crippen molar-refractivity contribution in [2.75, 3.05) is 6.61 Å². The van der Waals surface area contributed by atoms with Gasteiger partial charge in [-0.1, -0.05) is 30.4 Å². The Kier molecular flexibility index (Phi) is 4.02. The van der Waals surface area contributed by atoms with Crippen LogP contribution in [0.2, 0.25) is 0 Å². The molecule has 0 bridgehead atoms. The van der Waals surface area contributed by atoms with Gasteiger partial charge in [-0.15, -0.1) is 0 Å². The fourth-order valence-electron chi connectivity index (χ4n) is 1.16. The number of rotatable bonds is 4. The van der Waals surface area contributed by atoms with Crippen molar-refractivity contribution in [3.05, 3.63) is 35.9 Å². The van der Waals surface area contributed by atoms with Crippen LogP contribution in [0.25, 0.3) is 6.08 Å². The zero-order valence-corrected chi connectivity index (χ0v) is 8.94. The molecule has 0 unspecified atom stereocenters. The van der Waals surface area contributed by atoms with Crippen LogP contribution in [0.1, 0.15) is 12.0 Å². The molecule has 0 saturated carbocycles. The number of primary sulfonamides is 1. The maximum absolute atomic E-state index is 11.2. The van der Waals surface area contributed by atoms with E-state index in [1.165, 1.54) is 6.07 Å². The summed E-state index contributed by atoms with van der Waals surface area (Å²) in [4.78, 5) is 0.0965. The van der Waals surface area contributed by atoms with E-state index in [0.29, 0.717) is 12.0 Å². The summed E-state index contributed by atoms with van der Waals surface area (Å²) in [7, 11) is -3.68. The number of aliphatic hydroxyl groups is 1. The molecular weight excluding hydrogens is 214 g/mol. The Labute approximate surface area is 89.1 Å². The summed E-state index contributed by atoms with van der Waals surface area (Å²) in [6.07, 6.45) is 3.82. The van der Waals surface area contributed by atoms with Gasteiger partial charge in [0, 0.05) is 6.61 Å². The number of hydrogen-bond acceptors (Lipinski definition) is 3. The van der Waals surface area contributed by atoms with E-state index in [2.05, 4.69) is 0 Å². The maximum atomic E-state index is 11.2. The summed E-state index contributed by atoms with van der Waals surface area (Å²) in [5.41, 5.74) is 0.536. The van der Waals surface area contributed by atoms with Gasteiger partial charge in [-0.25, -0.2) is 13.6 Å². The summed E-state index contributed by atoms with van der Waals surface area (Å²) < 4.78 is 22.4. The van der Waals surface area contributed by atoms with Gasteiger partial charge in [0.1, 0.15) is 0 Å². The third kappa shape index (κ3) is 3.47. The third-order valence-electron chi connectivity index (χ3n) is 1.82. The van der Waals surface area contributed by atoms with Crippen LogP contribution in [-0.4, -0.2) is 20.1 Å². The number of nitrogens with two attached hydrogens (primary N) is 1. The second-order valence-electron chi connectivity index (χ2n) is 3.00. The molecule has 0 spiro atoms. The molecule has 1 aromatic rings. The quantitative estimate of drug-likeness (QED) is 0.795. The molecule has 0 amide bonds. The summed E-state index contributed by atoms with van der Waals surface area (Å²) >= 11 is 0. The van der Waals surface area contributed by atoms with Crippen LogP contribution in [0.3, 0.4) is 0 Å². The lowest BCUT2D eigenvalue weighted by molar-refractivity contribution is 0.303. The molecular formula is C10H13NO3S. The first kappa shape index (κ1) is 11.9. The van der Waals surface area contributed by atoms with Gasteiger partial charge in [-0.2, -0.15) is 0 Å². The highest BCUT2D eigenvalue weighted by molar-refractivity contribution is 7.89. The first-order valence-corrected chi connectivity index (χ1v) is 5.99. The first-order valence-electron chi connectivity index (χ1n) is 4.45. The van der Waals surface area contributed by atoms with Crippen LogP contribution >= 0.6 is 0 Å². The van der Waals surface area contributed by atoms with Gasteiger partial charge in [-0.3, -0.25) is 0 Å². The van der Waals surface area contributed by atoms with Gasteiger partial charge in [0.05, 0.1) is 4.90 Å². The Balaban J connectivity index is 3.08.